The van der Waals surface area contributed by atoms with E-state index in [1.165, 1.54) is 22.3 Å². The number of ether oxygens (including phenoxy) is 1. The lowest BCUT2D eigenvalue weighted by Crippen LogP contribution is -2.02. The summed E-state index contributed by atoms with van der Waals surface area (Å²) in [6, 6.07) is 12.1. The van der Waals surface area contributed by atoms with Gasteiger partial charge < -0.3 is 9.84 Å². The van der Waals surface area contributed by atoms with E-state index in [1.54, 1.807) is 0 Å². The summed E-state index contributed by atoms with van der Waals surface area (Å²) in [6.07, 6.45) is 0.336. The van der Waals surface area contributed by atoms with E-state index in [4.69, 9.17) is 4.74 Å². The predicted molar refractivity (Wildman–Crippen MR) is 86.7 cm³/mol. The smallest absolute Gasteiger partial charge is 0.119 e. The normalized spacial score (nSPS) is 12.2. The molecule has 0 saturated heterocycles. The fourth-order valence-corrected chi connectivity index (χ4v) is 2.61. The molecule has 0 aliphatic rings. The molecule has 0 aliphatic carbocycles. The number of aliphatic hydroxyl groups is 1. The summed E-state index contributed by atoms with van der Waals surface area (Å²) in [5.41, 5.74) is 6.01. The Morgan fingerprint density at radius 3 is 2.10 bits per heavy atom. The van der Waals surface area contributed by atoms with Gasteiger partial charge in [0.25, 0.3) is 0 Å². The highest BCUT2D eigenvalue weighted by Crippen LogP contribution is 2.22. The molecule has 0 saturated carbocycles. The Hall–Kier alpha value is -1.80. The Morgan fingerprint density at radius 1 is 1.00 bits per heavy atom. The highest BCUT2D eigenvalue weighted by atomic mass is 16.5. The Labute approximate surface area is 127 Å². The van der Waals surface area contributed by atoms with Crippen LogP contribution in [0.1, 0.15) is 47.3 Å². The topological polar surface area (TPSA) is 29.5 Å². The average Bonchev–Trinajstić information content (AvgIpc) is 2.46. The summed E-state index contributed by atoms with van der Waals surface area (Å²) in [5.74, 6) is 0.835. The van der Waals surface area contributed by atoms with Gasteiger partial charge in [-0.05, 0) is 61.6 Å². The lowest BCUT2D eigenvalue weighted by atomic mass is 10.0. The van der Waals surface area contributed by atoms with Crippen molar-refractivity contribution in [2.75, 3.05) is 0 Å². The zero-order valence-electron chi connectivity index (χ0n) is 13.3. The van der Waals surface area contributed by atoms with Crippen molar-refractivity contribution in [2.24, 2.45) is 0 Å². The lowest BCUT2D eigenvalue weighted by Gasteiger charge is -2.14. The van der Waals surface area contributed by atoms with Crippen molar-refractivity contribution >= 4 is 0 Å². The Kier molecular flexibility index (Phi) is 5.03. The van der Waals surface area contributed by atoms with Crippen LogP contribution in [0.5, 0.6) is 5.75 Å². The first-order valence-corrected chi connectivity index (χ1v) is 7.48. The Morgan fingerprint density at radius 2 is 1.57 bits per heavy atom. The van der Waals surface area contributed by atoms with Crippen molar-refractivity contribution in [3.8, 4) is 5.75 Å². The van der Waals surface area contributed by atoms with Crippen molar-refractivity contribution < 1.29 is 9.84 Å². The first-order valence-electron chi connectivity index (χ1n) is 7.48. The molecule has 1 atom stereocenters. The SMILES string of the molecule is CC[C@H](O)c1ccc(OCc2c(C)cc(C)cc2C)cc1. The molecule has 0 fully saturated rings. The van der Waals surface area contributed by atoms with E-state index in [1.807, 2.05) is 31.2 Å². The lowest BCUT2D eigenvalue weighted by molar-refractivity contribution is 0.173. The van der Waals surface area contributed by atoms with E-state index in [2.05, 4.69) is 32.9 Å². The summed E-state index contributed by atoms with van der Waals surface area (Å²) in [4.78, 5) is 0. The number of aliphatic hydroxyl groups excluding tert-OH is 1. The molecule has 0 amide bonds. The van der Waals surface area contributed by atoms with Crippen LogP contribution in [0, 0.1) is 20.8 Å². The largest absolute Gasteiger partial charge is 0.489 e. The molecule has 0 aliphatic heterocycles. The fraction of sp³-hybridized carbons (Fsp3) is 0.368. The van der Waals surface area contributed by atoms with Gasteiger partial charge >= 0.3 is 0 Å². The van der Waals surface area contributed by atoms with E-state index in [0.717, 1.165) is 17.7 Å². The summed E-state index contributed by atoms with van der Waals surface area (Å²) in [6.45, 7) is 8.91. The molecular weight excluding hydrogens is 260 g/mol. The van der Waals surface area contributed by atoms with Gasteiger partial charge in [-0.2, -0.15) is 0 Å². The number of benzene rings is 2. The average molecular weight is 284 g/mol. The van der Waals surface area contributed by atoms with Crippen molar-refractivity contribution in [3.63, 3.8) is 0 Å². The van der Waals surface area contributed by atoms with Gasteiger partial charge in [0.05, 0.1) is 6.10 Å². The van der Waals surface area contributed by atoms with Crippen molar-refractivity contribution in [3.05, 3.63) is 64.2 Å². The fourth-order valence-electron chi connectivity index (χ4n) is 2.61. The molecule has 0 bridgehead atoms. The maximum absolute atomic E-state index is 9.79. The van der Waals surface area contributed by atoms with E-state index >= 15 is 0 Å². The van der Waals surface area contributed by atoms with Crippen LogP contribution in [0.2, 0.25) is 0 Å². The maximum atomic E-state index is 9.79. The molecule has 2 aromatic carbocycles. The summed E-state index contributed by atoms with van der Waals surface area (Å²) in [5, 5.41) is 9.79. The van der Waals surface area contributed by atoms with Crippen LogP contribution >= 0.6 is 0 Å². The Balaban J connectivity index is 2.07. The second kappa shape index (κ2) is 6.77. The van der Waals surface area contributed by atoms with E-state index in [-0.39, 0.29) is 6.10 Å². The second-order valence-electron chi connectivity index (χ2n) is 5.66. The predicted octanol–water partition coefficient (Wildman–Crippen LogP) is 4.63. The molecular formula is C19H24O2. The molecule has 0 aromatic heterocycles. The number of hydrogen-bond acceptors (Lipinski definition) is 2. The van der Waals surface area contributed by atoms with Gasteiger partial charge in [-0.1, -0.05) is 36.8 Å². The quantitative estimate of drug-likeness (QED) is 0.867. The van der Waals surface area contributed by atoms with Crippen LogP contribution in [-0.4, -0.2) is 5.11 Å². The monoisotopic (exact) mass is 284 g/mol. The number of aryl methyl sites for hydroxylation is 3. The Bertz CT molecular complexity index is 576. The number of hydrogen-bond donors (Lipinski definition) is 1. The third-order valence-corrected chi connectivity index (χ3v) is 3.88. The van der Waals surface area contributed by atoms with Crippen LogP contribution in [0.3, 0.4) is 0 Å². The minimum Gasteiger partial charge on any atom is -0.489 e. The molecule has 0 unspecified atom stereocenters. The minimum absolute atomic E-state index is 0.388. The third kappa shape index (κ3) is 3.85. The molecule has 0 radical (unpaired) electrons. The third-order valence-electron chi connectivity index (χ3n) is 3.88. The van der Waals surface area contributed by atoms with Gasteiger partial charge in [-0.15, -0.1) is 0 Å². The summed E-state index contributed by atoms with van der Waals surface area (Å²) in [7, 11) is 0. The van der Waals surface area contributed by atoms with Crippen LogP contribution in [-0.2, 0) is 6.61 Å². The number of rotatable bonds is 5. The highest BCUT2D eigenvalue weighted by Gasteiger charge is 2.07. The van der Waals surface area contributed by atoms with Crippen molar-refractivity contribution in [1.29, 1.82) is 0 Å². The van der Waals surface area contributed by atoms with Gasteiger partial charge in [0, 0.05) is 0 Å². The van der Waals surface area contributed by atoms with Crippen molar-refractivity contribution in [2.45, 2.75) is 46.8 Å². The van der Waals surface area contributed by atoms with Gasteiger partial charge in [0.1, 0.15) is 12.4 Å². The molecule has 21 heavy (non-hydrogen) atoms. The summed E-state index contributed by atoms with van der Waals surface area (Å²) < 4.78 is 5.88. The van der Waals surface area contributed by atoms with Crippen LogP contribution in [0.25, 0.3) is 0 Å². The van der Waals surface area contributed by atoms with Crippen LogP contribution in [0.15, 0.2) is 36.4 Å². The minimum atomic E-state index is -0.388. The van der Waals surface area contributed by atoms with E-state index in [9.17, 15) is 5.11 Å². The summed E-state index contributed by atoms with van der Waals surface area (Å²) >= 11 is 0. The van der Waals surface area contributed by atoms with Crippen LogP contribution in [0.4, 0.5) is 0 Å². The van der Waals surface area contributed by atoms with E-state index in [0.29, 0.717) is 6.61 Å². The van der Waals surface area contributed by atoms with Gasteiger partial charge in [-0.25, -0.2) is 0 Å². The van der Waals surface area contributed by atoms with Gasteiger partial charge in [0.15, 0.2) is 0 Å². The first-order chi connectivity index (χ1) is 10.0. The molecule has 2 heteroatoms. The maximum Gasteiger partial charge on any atom is 0.119 e. The standard InChI is InChI=1S/C19H24O2/c1-5-19(20)16-6-8-17(9-7-16)21-12-18-14(3)10-13(2)11-15(18)4/h6-11,19-20H,5,12H2,1-4H3/t19-/m0/s1. The molecule has 2 rings (SSSR count). The van der Waals surface area contributed by atoms with Gasteiger partial charge in [-0.3, -0.25) is 0 Å². The molecule has 0 spiro atoms. The second-order valence-corrected chi connectivity index (χ2v) is 5.66. The molecule has 2 nitrogen and oxygen atoms in total. The van der Waals surface area contributed by atoms with Gasteiger partial charge in [0.2, 0.25) is 0 Å². The van der Waals surface area contributed by atoms with E-state index < -0.39 is 0 Å². The zero-order chi connectivity index (χ0) is 15.4. The highest BCUT2D eigenvalue weighted by molar-refractivity contribution is 5.37. The first kappa shape index (κ1) is 15.6. The molecule has 2 aromatic rings. The molecule has 1 N–H and O–H groups in total. The zero-order valence-corrected chi connectivity index (χ0v) is 13.3. The van der Waals surface area contributed by atoms with Crippen LogP contribution < -0.4 is 4.74 Å². The van der Waals surface area contributed by atoms with Crippen molar-refractivity contribution in [1.82, 2.24) is 0 Å². The molecule has 112 valence electrons. The molecule has 0 heterocycles.